The summed E-state index contributed by atoms with van der Waals surface area (Å²) in [5.41, 5.74) is 1.48. The van der Waals surface area contributed by atoms with Gasteiger partial charge in [0.25, 0.3) is 5.56 Å². The highest BCUT2D eigenvalue weighted by molar-refractivity contribution is 6.07. The second kappa shape index (κ2) is 7.11. The second-order valence-corrected chi connectivity index (χ2v) is 6.46. The molecule has 0 radical (unpaired) electrons. The molecule has 0 aliphatic carbocycles. The summed E-state index contributed by atoms with van der Waals surface area (Å²) in [4.78, 5) is 24.7. The smallest absolute Gasteiger partial charge is 0.291 e. The molecule has 4 rings (SSSR count). The van der Waals surface area contributed by atoms with Crippen molar-refractivity contribution in [1.82, 2.24) is 19.7 Å². The van der Waals surface area contributed by atoms with E-state index in [-0.39, 0.29) is 11.5 Å². The van der Waals surface area contributed by atoms with Crippen LogP contribution in [0.5, 0.6) is 0 Å². The van der Waals surface area contributed by atoms with Crippen molar-refractivity contribution in [1.29, 1.82) is 0 Å². The zero-order valence-corrected chi connectivity index (χ0v) is 15.0. The largest absolute Gasteiger partial charge is 0.467 e. The molecule has 3 aromatic heterocycles. The minimum absolute atomic E-state index is 0.0401. The third kappa shape index (κ3) is 3.23. The monoisotopic (exact) mass is 364 g/mol. The molecule has 0 bridgehead atoms. The maximum atomic E-state index is 12.6. The minimum atomic E-state index is -0.133. The van der Waals surface area contributed by atoms with Crippen LogP contribution in [0.4, 0.5) is 0 Å². The summed E-state index contributed by atoms with van der Waals surface area (Å²) in [6, 6.07) is 11.5. The van der Waals surface area contributed by atoms with Gasteiger partial charge < -0.3 is 14.3 Å². The molecular weight excluding hydrogens is 344 g/mol. The fraction of sp³-hybridized carbons (Fsp3) is 0.250. The number of rotatable bonds is 6. The van der Waals surface area contributed by atoms with Gasteiger partial charge in [0.1, 0.15) is 11.3 Å². The van der Waals surface area contributed by atoms with Gasteiger partial charge in [-0.05, 0) is 24.6 Å². The Morgan fingerprint density at radius 3 is 2.85 bits per heavy atom. The quantitative estimate of drug-likeness (QED) is 0.570. The van der Waals surface area contributed by atoms with Crippen molar-refractivity contribution < 1.29 is 9.21 Å². The van der Waals surface area contributed by atoms with Gasteiger partial charge in [0.15, 0.2) is 0 Å². The van der Waals surface area contributed by atoms with Crippen LogP contribution in [0, 0.1) is 0 Å². The molecule has 27 heavy (non-hydrogen) atoms. The Morgan fingerprint density at radius 2 is 2.04 bits per heavy atom. The van der Waals surface area contributed by atoms with Crippen LogP contribution in [0.25, 0.3) is 21.8 Å². The normalized spacial score (nSPS) is 11.3. The first-order valence-corrected chi connectivity index (χ1v) is 8.87. The summed E-state index contributed by atoms with van der Waals surface area (Å²) in [7, 11) is 1.64. The van der Waals surface area contributed by atoms with Crippen LogP contribution >= 0.6 is 0 Å². The van der Waals surface area contributed by atoms with Crippen molar-refractivity contribution in [2.45, 2.75) is 25.9 Å². The maximum Gasteiger partial charge on any atom is 0.291 e. The fourth-order valence-electron chi connectivity index (χ4n) is 3.36. The van der Waals surface area contributed by atoms with Gasteiger partial charge in [-0.3, -0.25) is 9.59 Å². The van der Waals surface area contributed by atoms with Crippen molar-refractivity contribution in [3.63, 3.8) is 0 Å². The molecule has 7 nitrogen and oxygen atoms in total. The molecule has 0 saturated heterocycles. The van der Waals surface area contributed by atoms with Crippen LogP contribution in [-0.2, 0) is 24.9 Å². The molecule has 0 fully saturated rings. The Kier molecular flexibility index (Phi) is 4.50. The van der Waals surface area contributed by atoms with E-state index in [0.29, 0.717) is 31.4 Å². The van der Waals surface area contributed by atoms with Crippen LogP contribution in [0.3, 0.4) is 0 Å². The zero-order chi connectivity index (χ0) is 18.8. The Morgan fingerprint density at radius 1 is 1.19 bits per heavy atom. The molecule has 3 heterocycles. The van der Waals surface area contributed by atoms with Crippen molar-refractivity contribution in [3.05, 3.63) is 65.0 Å². The second-order valence-electron chi connectivity index (χ2n) is 6.46. The standard InChI is InChI=1S/C20H20N4O3/c1-23-20(26)19-16(13-22-23)15-7-2-3-8-17(15)24(19)10-4-9-18(25)21-12-14-6-5-11-27-14/h2-3,5-8,11,13H,4,9-10,12H2,1H3,(H,21,25). The molecule has 0 saturated carbocycles. The number of fused-ring (bicyclic) bond motifs is 3. The number of amides is 1. The molecule has 0 spiro atoms. The van der Waals surface area contributed by atoms with E-state index in [1.54, 1.807) is 25.6 Å². The summed E-state index contributed by atoms with van der Waals surface area (Å²) in [5.74, 6) is 0.684. The van der Waals surface area contributed by atoms with Gasteiger partial charge in [0, 0.05) is 36.3 Å². The number of hydrogen-bond acceptors (Lipinski definition) is 4. The zero-order valence-electron chi connectivity index (χ0n) is 15.0. The minimum Gasteiger partial charge on any atom is -0.467 e. The van der Waals surface area contributed by atoms with E-state index in [9.17, 15) is 9.59 Å². The highest BCUT2D eigenvalue weighted by atomic mass is 16.3. The van der Waals surface area contributed by atoms with Gasteiger partial charge in [0.2, 0.25) is 5.91 Å². The van der Waals surface area contributed by atoms with Gasteiger partial charge in [-0.2, -0.15) is 5.10 Å². The van der Waals surface area contributed by atoms with E-state index < -0.39 is 0 Å². The first-order chi connectivity index (χ1) is 13.1. The predicted octanol–water partition coefficient (Wildman–Crippen LogP) is 2.58. The number of aryl methyl sites for hydroxylation is 2. The molecule has 1 aromatic carbocycles. The first-order valence-electron chi connectivity index (χ1n) is 8.87. The number of aromatic nitrogens is 3. The Hall–Kier alpha value is -3.35. The van der Waals surface area contributed by atoms with Gasteiger partial charge >= 0.3 is 0 Å². The Bertz CT molecular complexity index is 1160. The predicted molar refractivity (Wildman–Crippen MR) is 102 cm³/mol. The molecule has 0 atom stereocenters. The topological polar surface area (TPSA) is 82.1 Å². The average Bonchev–Trinajstić information content (AvgIpc) is 3.30. The Balaban J connectivity index is 1.53. The third-order valence-electron chi connectivity index (χ3n) is 4.69. The SMILES string of the molecule is Cn1ncc2c3ccccc3n(CCCC(=O)NCc3ccco3)c2c1=O. The average molecular weight is 364 g/mol. The molecule has 0 aliphatic heterocycles. The van der Waals surface area contributed by atoms with E-state index in [1.165, 1.54) is 4.68 Å². The van der Waals surface area contributed by atoms with Crippen molar-refractivity contribution in [3.8, 4) is 0 Å². The molecule has 0 aliphatic rings. The number of carbonyl (C=O) groups excluding carboxylic acids is 1. The lowest BCUT2D eigenvalue weighted by atomic mass is 10.2. The molecular formula is C20H20N4O3. The lowest BCUT2D eigenvalue weighted by molar-refractivity contribution is -0.121. The fourth-order valence-corrected chi connectivity index (χ4v) is 3.36. The Labute approximate surface area is 155 Å². The highest BCUT2D eigenvalue weighted by Gasteiger charge is 2.15. The lowest BCUT2D eigenvalue weighted by Crippen LogP contribution is -2.23. The highest BCUT2D eigenvalue weighted by Crippen LogP contribution is 2.26. The maximum absolute atomic E-state index is 12.6. The van der Waals surface area contributed by atoms with Gasteiger partial charge in [0.05, 0.1) is 19.0 Å². The van der Waals surface area contributed by atoms with Crippen LogP contribution in [0.1, 0.15) is 18.6 Å². The lowest BCUT2D eigenvalue weighted by Gasteiger charge is -2.08. The van der Waals surface area contributed by atoms with Crippen molar-refractivity contribution >= 4 is 27.7 Å². The number of nitrogens with zero attached hydrogens (tertiary/aromatic N) is 3. The number of carbonyl (C=O) groups is 1. The van der Waals surface area contributed by atoms with E-state index in [4.69, 9.17) is 4.42 Å². The van der Waals surface area contributed by atoms with Crippen molar-refractivity contribution in [2.24, 2.45) is 7.05 Å². The number of furan rings is 1. The van der Waals surface area contributed by atoms with Crippen LogP contribution in [0.2, 0.25) is 0 Å². The number of benzene rings is 1. The molecule has 7 heteroatoms. The van der Waals surface area contributed by atoms with Gasteiger partial charge in [-0.15, -0.1) is 0 Å². The van der Waals surface area contributed by atoms with Crippen LogP contribution < -0.4 is 10.9 Å². The number of nitrogens with one attached hydrogen (secondary N) is 1. The first kappa shape index (κ1) is 17.1. The molecule has 1 amide bonds. The summed E-state index contributed by atoms with van der Waals surface area (Å²) < 4.78 is 8.54. The summed E-state index contributed by atoms with van der Waals surface area (Å²) in [6.45, 7) is 0.963. The van der Waals surface area contributed by atoms with E-state index >= 15 is 0 Å². The number of hydrogen-bond donors (Lipinski definition) is 1. The number of para-hydroxylation sites is 1. The summed E-state index contributed by atoms with van der Waals surface area (Å²) in [5, 5.41) is 8.83. The molecule has 138 valence electrons. The molecule has 0 unspecified atom stereocenters. The van der Waals surface area contributed by atoms with Crippen LogP contribution in [-0.4, -0.2) is 20.3 Å². The summed E-state index contributed by atoms with van der Waals surface area (Å²) in [6.07, 6.45) is 4.31. The van der Waals surface area contributed by atoms with E-state index in [1.807, 2.05) is 34.9 Å². The van der Waals surface area contributed by atoms with Gasteiger partial charge in [-0.25, -0.2) is 4.68 Å². The van der Waals surface area contributed by atoms with E-state index in [2.05, 4.69) is 10.4 Å². The molecule has 1 N–H and O–H groups in total. The van der Waals surface area contributed by atoms with Crippen LogP contribution in [0.15, 0.2) is 58.1 Å². The summed E-state index contributed by atoms with van der Waals surface area (Å²) >= 11 is 0. The molecule has 4 aromatic rings. The van der Waals surface area contributed by atoms with Crippen molar-refractivity contribution in [2.75, 3.05) is 0 Å². The van der Waals surface area contributed by atoms with Gasteiger partial charge in [-0.1, -0.05) is 18.2 Å². The van der Waals surface area contributed by atoms with E-state index in [0.717, 1.165) is 22.0 Å². The third-order valence-corrected chi connectivity index (χ3v) is 4.69.